The van der Waals surface area contributed by atoms with E-state index in [0.717, 1.165) is 51.6 Å². The summed E-state index contributed by atoms with van der Waals surface area (Å²) < 4.78 is 0. The lowest BCUT2D eigenvalue weighted by atomic mass is 9.92. The highest BCUT2D eigenvalue weighted by atomic mass is 16.4. The van der Waals surface area contributed by atoms with Gasteiger partial charge in [0.05, 0.1) is 6.04 Å². The Hall–Kier alpha value is -1.10. The minimum atomic E-state index is -0.736. The van der Waals surface area contributed by atoms with Crippen molar-refractivity contribution in [1.82, 2.24) is 4.90 Å². The van der Waals surface area contributed by atoms with E-state index in [9.17, 15) is 9.59 Å². The topological polar surface area (TPSA) is 83.6 Å². The van der Waals surface area contributed by atoms with Crippen molar-refractivity contribution in [2.45, 2.75) is 57.9 Å². The van der Waals surface area contributed by atoms with E-state index in [1.807, 2.05) is 4.90 Å². The highest BCUT2D eigenvalue weighted by Crippen LogP contribution is 2.22. The third-order valence-corrected chi connectivity index (χ3v) is 3.88. The van der Waals surface area contributed by atoms with Crippen molar-refractivity contribution < 1.29 is 14.7 Å². The Bertz CT molecular complexity index is 299. The molecular formula is C14H26N2O3. The first kappa shape index (κ1) is 16.0. The van der Waals surface area contributed by atoms with Crippen LogP contribution in [0.2, 0.25) is 0 Å². The Labute approximate surface area is 115 Å². The standard InChI is InChI=1S/C14H26N2O3/c1-2-3-4-12(15)14(19)16-9-7-11(8-10-16)5-6-13(17)18/h11-12H,2-10,15H2,1H3,(H,17,18). The van der Waals surface area contributed by atoms with Crippen molar-refractivity contribution in [1.29, 1.82) is 0 Å². The maximum atomic E-state index is 12.1. The molecule has 5 heteroatoms. The minimum absolute atomic E-state index is 0.0603. The minimum Gasteiger partial charge on any atom is -0.481 e. The fourth-order valence-electron chi connectivity index (χ4n) is 2.55. The second-order valence-corrected chi connectivity index (χ2v) is 5.45. The first-order valence-corrected chi connectivity index (χ1v) is 7.30. The van der Waals surface area contributed by atoms with E-state index in [4.69, 9.17) is 10.8 Å². The summed E-state index contributed by atoms with van der Waals surface area (Å²) in [6.07, 6.45) is 5.56. The zero-order valence-corrected chi connectivity index (χ0v) is 11.8. The second kappa shape index (κ2) is 8.15. The Morgan fingerprint density at radius 2 is 2.00 bits per heavy atom. The average molecular weight is 270 g/mol. The molecule has 1 rings (SSSR count). The summed E-state index contributed by atoms with van der Waals surface area (Å²) in [5, 5.41) is 8.66. The summed E-state index contributed by atoms with van der Waals surface area (Å²) in [5.74, 6) is -0.239. The van der Waals surface area contributed by atoms with Crippen LogP contribution in [0.5, 0.6) is 0 Å². The molecule has 3 N–H and O–H groups in total. The van der Waals surface area contributed by atoms with Crippen LogP contribution in [-0.4, -0.2) is 41.0 Å². The molecule has 0 aromatic heterocycles. The van der Waals surface area contributed by atoms with Gasteiger partial charge in [0, 0.05) is 19.5 Å². The number of nitrogens with two attached hydrogens (primary N) is 1. The molecule has 1 aliphatic rings. The number of rotatable bonds is 7. The third kappa shape index (κ3) is 5.59. The molecular weight excluding hydrogens is 244 g/mol. The maximum absolute atomic E-state index is 12.1. The van der Waals surface area contributed by atoms with Gasteiger partial charge in [-0.15, -0.1) is 0 Å². The smallest absolute Gasteiger partial charge is 0.303 e. The lowest BCUT2D eigenvalue weighted by Gasteiger charge is -2.33. The zero-order valence-electron chi connectivity index (χ0n) is 11.8. The predicted molar refractivity (Wildman–Crippen MR) is 73.7 cm³/mol. The number of unbranched alkanes of at least 4 members (excludes halogenated alkanes) is 1. The quantitative estimate of drug-likeness (QED) is 0.736. The van der Waals surface area contributed by atoms with Crippen molar-refractivity contribution in [3.8, 4) is 0 Å². The van der Waals surface area contributed by atoms with E-state index in [2.05, 4.69) is 6.92 Å². The molecule has 0 aliphatic carbocycles. The molecule has 1 saturated heterocycles. The SMILES string of the molecule is CCCCC(N)C(=O)N1CCC(CCC(=O)O)CC1. The van der Waals surface area contributed by atoms with Crippen molar-refractivity contribution in [3.05, 3.63) is 0 Å². The molecule has 1 aliphatic heterocycles. The Kier molecular flexibility index (Phi) is 6.84. The van der Waals surface area contributed by atoms with Gasteiger partial charge in [0.25, 0.3) is 0 Å². The number of nitrogens with zero attached hydrogens (tertiary/aromatic N) is 1. The molecule has 0 aromatic rings. The highest BCUT2D eigenvalue weighted by molar-refractivity contribution is 5.81. The van der Waals surface area contributed by atoms with Gasteiger partial charge in [-0.2, -0.15) is 0 Å². The second-order valence-electron chi connectivity index (χ2n) is 5.45. The lowest BCUT2D eigenvalue weighted by molar-refractivity contribution is -0.138. The van der Waals surface area contributed by atoms with Crippen molar-refractivity contribution >= 4 is 11.9 Å². The number of carbonyl (C=O) groups is 2. The Balaban J connectivity index is 2.28. The number of piperidine rings is 1. The van der Waals surface area contributed by atoms with Gasteiger partial charge >= 0.3 is 5.97 Å². The summed E-state index contributed by atoms with van der Waals surface area (Å²) in [6, 6.07) is -0.365. The number of likely N-dealkylation sites (tertiary alicyclic amines) is 1. The summed E-state index contributed by atoms with van der Waals surface area (Å²) in [7, 11) is 0. The molecule has 5 nitrogen and oxygen atoms in total. The molecule has 0 aromatic carbocycles. The van der Waals surface area contributed by atoms with Gasteiger partial charge in [-0.1, -0.05) is 19.8 Å². The van der Waals surface area contributed by atoms with Crippen LogP contribution in [0.4, 0.5) is 0 Å². The molecule has 19 heavy (non-hydrogen) atoms. The summed E-state index contributed by atoms with van der Waals surface area (Å²) in [4.78, 5) is 24.5. The molecule has 1 unspecified atom stereocenters. The van der Waals surface area contributed by atoms with Gasteiger partial charge < -0.3 is 15.7 Å². The van der Waals surface area contributed by atoms with Gasteiger partial charge in [0.15, 0.2) is 0 Å². The molecule has 0 radical (unpaired) electrons. The molecule has 1 heterocycles. The first-order chi connectivity index (χ1) is 9.04. The zero-order chi connectivity index (χ0) is 14.3. The van der Waals surface area contributed by atoms with E-state index >= 15 is 0 Å². The maximum Gasteiger partial charge on any atom is 0.303 e. The van der Waals surface area contributed by atoms with Crippen LogP contribution >= 0.6 is 0 Å². The van der Waals surface area contributed by atoms with Crippen LogP contribution < -0.4 is 5.73 Å². The van der Waals surface area contributed by atoms with E-state index in [1.54, 1.807) is 0 Å². The average Bonchev–Trinajstić information content (AvgIpc) is 2.42. The number of aliphatic carboxylic acids is 1. The Morgan fingerprint density at radius 3 is 2.53 bits per heavy atom. The van der Waals surface area contributed by atoms with Crippen molar-refractivity contribution in [3.63, 3.8) is 0 Å². The molecule has 1 fully saturated rings. The molecule has 1 atom stereocenters. The number of carboxylic acid groups (broad SMARTS) is 1. The van der Waals surface area contributed by atoms with Crippen molar-refractivity contribution in [2.75, 3.05) is 13.1 Å². The fourth-order valence-corrected chi connectivity index (χ4v) is 2.55. The number of carboxylic acids is 1. The normalized spacial score (nSPS) is 18.3. The van der Waals surface area contributed by atoms with Crippen LogP contribution in [0.25, 0.3) is 0 Å². The first-order valence-electron chi connectivity index (χ1n) is 7.30. The summed E-state index contributed by atoms with van der Waals surface area (Å²) in [5.41, 5.74) is 5.90. The van der Waals surface area contributed by atoms with Gasteiger partial charge in [0.2, 0.25) is 5.91 Å². The van der Waals surface area contributed by atoms with Gasteiger partial charge in [0.1, 0.15) is 0 Å². The number of amides is 1. The number of hydrogen-bond acceptors (Lipinski definition) is 3. The van der Waals surface area contributed by atoms with Gasteiger partial charge in [-0.25, -0.2) is 0 Å². The highest BCUT2D eigenvalue weighted by Gasteiger charge is 2.26. The monoisotopic (exact) mass is 270 g/mol. The molecule has 110 valence electrons. The van der Waals surface area contributed by atoms with Crippen LogP contribution in [0, 0.1) is 5.92 Å². The molecule has 0 spiro atoms. The predicted octanol–water partition coefficient (Wildman–Crippen LogP) is 1.61. The summed E-state index contributed by atoms with van der Waals surface area (Å²) >= 11 is 0. The van der Waals surface area contributed by atoms with E-state index in [1.165, 1.54) is 0 Å². The van der Waals surface area contributed by atoms with Crippen LogP contribution in [0.3, 0.4) is 0 Å². The van der Waals surface area contributed by atoms with E-state index < -0.39 is 5.97 Å². The molecule has 1 amide bonds. The van der Waals surface area contributed by atoms with Crippen LogP contribution in [-0.2, 0) is 9.59 Å². The summed E-state index contributed by atoms with van der Waals surface area (Å²) in [6.45, 7) is 3.54. The number of hydrogen-bond donors (Lipinski definition) is 2. The Morgan fingerprint density at radius 1 is 1.37 bits per heavy atom. The fraction of sp³-hybridized carbons (Fsp3) is 0.857. The van der Waals surface area contributed by atoms with Crippen molar-refractivity contribution in [2.24, 2.45) is 11.7 Å². The van der Waals surface area contributed by atoms with E-state index in [0.29, 0.717) is 5.92 Å². The largest absolute Gasteiger partial charge is 0.481 e. The van der Waals surface area contributed by atoms with Gasteiger partial charge in [-0.05, 0) is 31.6 Å². The molecule has 0 bridgehead atoms. The van der Waals surface area contributed by atoms with Gasteiger partial charge in [-0.3, -0.25) is 9.59 Å². The lowest BCUT2D eigenvalue weighted by Crippen LogP contribution is -2.47. The third-order valence-electron chi connectivity index (χ3n) is 3.88. The van der Waals surface area contributed by atoms with Crippen LogP contribution in [0.1, 0.15) is 51.9 Å². The molecule has 0 saturated carbocycles. The number of carbonyl (C=O) groups excluding carboxylic acids is 1. The van der Waals surface area contributed by atoms with E-state index in [-0.39, 0.29) is 18.4 Å². The van der Waals surface area contributed by atoms with Crippen LogP contribution in [0.15, 0.2) is 0 Å².